The van der Waals surface area contributed by atoms with Gasteiger partial charge in [-0.05, 0) is 31.6 Å². The van der Waals surface area contributed by atoms with E-state index in [1.165, 1.54) is 0 Å². The molecule has 0 aliphatic carbocycles. The van der Waals surface area contributed by atoms with Crippen LogP contribution in [0.2, 0.25) is 0 Å². The van der Waals surface area contributed by atoms with Gasteiger partial charge in [0, 0.05) is 10.9 Å². The normalized spacial score (nSPS) is 11.0. The molecule has 1 aromatic carbocycles. The van der Waals surface area contributed by atoms with E-state index in [-0.39, 0.29) is 11.5 Å². The average molecular weight is 346 g/mol. The fraction of sp³-hybridized carbons (Fsp3) is 0.385. The summed E-state index contributed by atoms with van der Waals surface area (Å²) in [7, 11) is 0. The molecular formula is C13H14BrF2N3O. The van der Waals surface area contributed by atoms with Crippen molar-refractivity contribution in [3.05, 3.63) is 34.1 Å². The number of nitrogens with zero attached hydrogens (tertiary/aromatic N) is 2. The van der Waals surface area contributed by atoms with E-state index in [0.717, 1.165) is 31.6 Å². The van der Waals surface area contributed by atoms with Crippen LogP contribution < -0.4 is 5.32 Å². The first kappa shape index (κ1) is 15.1. The molecule has 0 unspecified atom stereocenters. The van der Waals surface area contributed by atoms with Gasteiger partial charge in [-0.2, -0.15) is 0 Å². The summed E-state index contributed by atoms with van der Waals surface area (Å²) in [4.78, 5) is 0. The first-order chi connectivity index (χ1) is 9.61. The van der Waals surface area contributed by atoms with Crippen molar-refractivity contribution in [1.29, 1.82) is 0 Å². The molecule has 0 saturated carbocycles. The smallest absolute Gasteiger partial charge is 0.253 e. The summed E-state index contributed by atoms with van der Waals surface area (Å²) in [6.45, 7) is 3.74. The van der Waals surface area contributed by atoms with E-state index in [9.17, 15) is 8.78 Å². The summed E-state index contributed by atoms with van der Waals surface area (Å²) in [5.74, 6) is -1.23. The third-order valence-corrected chi connectivity index (χ3v) is 3.14. The zero-order chi connectivity index (χ0) is 14.5. The largest absolute Gasteiger partial charge is 0.420 e. The number of hydrogen-bond donors (Lipinski definition) is 1. The molecule has 108 valence electrons. The summed E-state index contributed by atoms with van der Waals surface area (Å²) in [6.07, 6.45) is 1.39. The highest BCUT2D eigenvalue weighted by molar-refractivity contribution is 9.10. The van der Waals surface area contributed by atoms with Crippen LogP contribution in [0.4, 0.5) is 8.78 Å². The van der Waals surface area contributed by atoms with E-state index in [1.54, 1.807) is 0 Å². The molecule has 0 aliphatic rings. The fourth-order valence-corrected chi connectivity index (χ4v) is 2.15. The van der Waals surface area contributed by atoms with Crippen molar-refractivity contribution in [3.63, 3.8) is 0 Å². The molecule has 7 heteroatoms. The minimum absolute atomic E-state index is 0.133. The van der Waals surface area contributed by atoms with E-state index < -0.39 is 11.6 Å². The molecule has 2 aromatic rings. The summed E-state index contributed by atoms with van der Waals surface area (Å²) >= 11 is 3.02. The Hall–Kier alpha value is -1.34. The topological polar surface area (TPSA) is 51.0 Å². The van der Waals surface area contributed by atoms with Crippen molar-refractivity contribution in [2.24, 2.45) is 0 Å². The Labute approximate surface area is 123 Å². The predicted octanol–water partition coefficient (Wildman–Crippen LogP) is 3.32. The van der Waals surface area contributed by atoms with Crippen LogP contribution in [0.1, 0.15) is 19.2 Å². The molecule has 0 radical (unpaired) electrons. The molecule has 0 bridgehead atoms. The lowest BCUT2D eigenvalue weighted by atomic mass is 10.2. The number of halogens is 3. The molecule has 0 spiro atoms. The SMILES string of the molecule is CCNCCCc1nnc(-c2c(F)cc(Br)cc2F)o1. The van der Waals surface area contributed by atoms with E-state index in [4.69, 9.17) is 4.42 Å². The maximum atomic E-state index is 13.8. The van der Waals surface area contributed by atoms with Gasteiger partial charge >= 0.3 is 0 Å². The third kappa shape index (κ3) is 3.61. The van der Waals surface area contributed by atoms with Crippen LogP contribution in [0.15, 0.2) is 21.0 Å². The Bertz CT molecular complexity index is 566. The lowest BCUT2D eigenvalue weighted by Crippen LogP contribution is -2.14. The van der Waals surface area contributed by atoms with Crippen LogP contribution in [-0.2, 0) is 6.42 Å². The molecule has 0 amide bonds. The van der Waals surface area contributed by atoms with Gasteiger partial charge in [-0.1, -0.05) is 22.9 Å². The van der Waals surface area contributed by atoms with Gasteiger partial charge < -0.3 is 9.73 Å². The Balaban J connectivity index is 2.13. The van der Waals surface area contributed by atoms with Crippen molar-refractivity contribution in [3.8, 4) is 11.5 Å². The van der Waals surface area contributed by atoms with Crippen molar-refractivity contribution in [2.45, 2.75) is 19.8 Å². The van der Waals surface area contributed by atoms with Crippen LogP contribution >= 0.6 is 15.9 Å². The molecule has 4 nitrogen and oxygen atoms in total. The van der Waals surface area contributed by atoms with Crippen LogP contribution in [0.25, 0.3) is 11.5 Å². The number of hydrogen-bond acceptors (Lipinski definition) is 4. The summed E-state index contributed by atoms with van der Waals surface area (Å²) in [5.41, 5.74) is -0.293. The van der Waals surface area contributed by atoms with Crippen molar-refractivity contribution >= 4 is 15.9 Å². The van der Waals surface area contributed by atoms with Crippen LogP contribution in [-0.4, -0.2) is 23.3 Å². The maximum absolute atomic E-state index is 13.8. The van der Waals surface area contributed by atoms with Crippen LogP contribution in [0.5, 0.6) is 0 Å². The van der Waals surface area contributed by atoms with Gasteiger partial charge in [0.1, 0.15) is 17.2 Å². The van der Waals surface area contributed by atoms with E-state index >= 15 is 0 Å². The van der Waals surface area contributed by atoms with E-state index in [2.05, 4.69) is 31.4 Å². The zero-order valence-electron chi connectivity index (χ0n) is 10.9. The molecule has 20 heavy (non-hydrogen) atoms. The lowest BCUT2D eigenvalue weighted by molar-refractivity contribution is 0.484. The number of rotatable bonds is 6. The van der Waals surface area contributed by atoms with E-state index in [1.807, 2.05) is 6.92 Å². The molecule has 1 N–H and O–H groups in total. The highest BCUT2D eigenvalue weighted by Gasteiger charge is 2.18. The van der Waals surface area contributed by atoms with Gasteiger partial charge in [-0.15, -0.1) is 10.2 Å². The molecular weight excluding hydrogens is 332 g/mol. The maximum Gasteiger partial charge on any atom is 0.253 e. The fourth-order valence-electron chi connectivity index (χ4n) is 1.74. The first-order valence-electron chi connectivity index (χ1n) is 6.29. The average Bonchev–Trinajstić information content (AvgIpc) is 2.82. The molecule has 0 atom stereocenters. The van der Waals surface area contributed by atoms with Crippen LogP contribution in [0.3, 0.4) is 0 Å². The molecule has 0 saturated heterocycles. The monoisotopic (exact) mass is 345 g/mol. The van der Waals surface area contributed by atoms with Crippen molar-refractivity contribution in [2.75, 3.05) is 13.1 Å². The first-order valence-corrected chi connectivity index (χ1v) is 7.09. The van der Waals surface area contributed by atoms with Gasteiger partial charge in [0.2, 0.25) is 5.89 Å². The second kappa shape index (κ2) is 6.90. The standard InChI is InChI=1S/C13H14BrF2N3O/c1-2-17-5-3-4-11-18-19-13(20-11)12-9(15)6-8(14)7-10(12)16/h6-7,17H,2-5H2,1H3. The molecule has 0 aliphatic heterocycles. The third-order valence-electron chi connectivity index (χ3n) is 2.68. The zero-order valence-corrected chi connectivity index (χ0v) is 12.5. The summed E-state index contributed by atoms with van der Waals surface area (Å²) in [5, 5.41) is 10.7. The van der Waals surface area contributed by atoms with E-state index in [0.29, 0.717) is 16.8 Å². The number of aryl methyl sites for hydroxylation is 1. The van der Waals surface area contributed by atoms with Crippen molar-refractivity contribution in [1.82, 2.24) is 15.5 Å². The van der Waals surface area contributed by atoms with Gasteiger partial charge in [0.15, 0.2) is 0 Å². The Morgan fingerprint density at radius 2 is 1.95 bits per heavy atom. The van der Waals surface area contributed by atoms with Gasteiger partial charge in [-0.25, -0.2) is 8.78 Å². The molecule has 1 heterocycles. The minimum atomic E-state index is -0.736. The number of aromatic nitrogens is 2. The molecule has 1 aromatic heterocycles. The highest BCUT2D eigenvalue weighted by atomic mass is 79.9. The number of nitrogens with one attached hydrogen (secondary N) is 1. The quantitative estimate of drug-likeness (QED) is 0.816. The van der Waals surface area contributed by atoms with Gasteiger partial charge in [0.05, 0.1) is 0 Å². The Morgan fingerprint density at radius 1 is 1.25 bits per heavy atom. The minimum Gasteiger partial charge on any atom is -0.420 e. The lowest BCUT2D eigenvalue weighted by Gasteiger charge is -2.01. The van der Waals surface area contributed by atoms with Crippen LogP contribution in [0, 0.1) is 11.6 Å². The number of benzene rings is 1. The second-order valence-corrected chi connectivity index (χ2v) is 5.12. The summed E-state index contributed by atoms with van der Waals surface area (Å²) < 4.78 is 33.1. The Morgan fingerprint density at radius 3 is 2.60 bits per heavy atom. The second-order valence-electron chi connectivity index (χ2n) is 4.20. The van der Waals surface area contributed by atoms with Crippen molar-refractivity contribution < 1.29 is 13.2 Å². The van der Waals surface area contributed by atoms with Gasteiger partial charge in [-0.3, -0.25) is 0 Å². The van der Waals surface area contributed by atoms with Gasteiger partial charge in [0.25, 0.3) is 5.89 Å². The Kier molecular flexibility index (Phi) is 5.19. The summed E-state index contributed by atoms with van der Waals surface area (Å²) in [6, 6.07) is 2.32. The predicted molar refractivity (Wildman–Crippen MR) is 74.2 cm³/mol. The highest BCUT2D eigenvalue weighted by Crippen LogP contribution is 2.28. The molecule has 0 fully saturated rings. The molecule has 2 rings (SSSR count).